The molecule has 1 atom stereocenters. The fraction of sp³-hybridized carbons (Fsp3) is 0.333. The summed E-state index contributed by atoms with van der Waals surface area (Å²) in [5, 5.41) is 0.806. The number of ether oxygens (including phenoxy) is 1. The van der Waals surface area contributed by atoms with Crippen molar-refractivity contribution in [3.05, 3.63) is 59.7 Å². The second-order valence-electron chi connectivity index (χ2n) is 6.40. The molecule has 1 amide bonds. The highest BCUT2D eigenvalue weighted by molar-refractivity contribution is 8.14. The van der Waals surface area contributed by atoms with Crippen molar-refractivity contribution in [2.75, 3.05) is 12.9 Å². The number of amides is 1. The molecule has 0 bridgehead atoms. The molecule has 26 heavy (non-hydrogen) atoms. The van der Waals surface area contributed by atoms with Gasteiger partial charge in [-0.05, 0) is 48.7 Å². The standard InChI is InChI=1S/C21H24N2O2S/c1-4-18-14-26-21(22-17-7-5-6-15(2)12-17)23(18)20(24)13-16-8-10-19(25-3)11-9-16/h5-12,18H,4,13-14H2,1-3H3/t18-/m0/s1. The number of nitrogens with zero attached hydrogens (tertiary/aromatic N) is 2. The van der Waals surface area contributed by atoms with Crippen LogP contribution in [-0.4, -0.2) is 34.9 Å². The number of hydrogen-bond acceptors (Lipinski definition) is 4. The normalized spacial score (nSPS) is 18.3. The molecule has 1 aliphatic rings. The van der Waals surface area contributed by atoms with Gasteiger partial charge >= 0.3 is 0 Å². The van der Waals surface area contributed by atoms with Crippen LogP contribution in [0.4, 0.5) is 5.69 Å². The Kier molecular flexibility index (Phi) is 5.99. The largest absolute Gasteiger partial charge is 0.497 e. The molecule has 1 saturated heterocycles. The molecule has 136 valence electrons. The number of hydrogen-bond donors (Lipinski definition) is 0. The van der Waals surface area contributed by atoms with Crippen molar-refractivity contribution < 1.29 is 9.53 Å². The van der Waals surface area contributed by atoms with Crippen molar-refractivity contribution in [3.63, 3.8) is 0 Å². The van der Waals surface area contributed by atoms with Crippen molar-refractivity contribution >= 4 is 28.5 Å². The predicted molar refractivity (Wildman–Crippen MR) is 108 cm³/mol. The Morgan fingerprint density at radius 1 is 1.27 bits per heavy atom. The van der Waals surface area contributed by atoms with Gasteiger partial charge in [0.2, 0.25) is 5.91 Å². The van der Waals surface area contributed by atoms with E-state index in [1.54, 1.807) is 18.9 Å². The van der Waals surface area contributed by atoms with Gasteiger partial charge in [0.25, 0.3) is 0 Å². The smallest absolute Gasteiger partial charge is 0.233 e. The van der Waals surface area contributed by atoms with E-state index in [0.717, 1.165) is 39.9 Å². The zero-order valence-corrected chi connectivity index (χ0v) is 16.3. The Labute approximate surface area is 159 Å². The zero-order chi connectivity index (χ0) is 18.5. The highest BCUT2D eigenvalue weighted by atomic mass is 32.2. The number of amidine groups is 1. The maximum atomic E-state index is 13.0. The fourth-order valence-corrected chi connectivity index (χ4v) is 4.27. The molecule has 2 aromatic carbocycles. The van der Waals surface area contributed by atoms with Gasteiger partial charge in [-0.15, -0.1) is 0 Å². The Balaban J connectivity index is 1.81. The molecule has 0 radical (unpaired) electrons. The first-order valence-corrected chi connectivity index (χ1v) is 9.82. The predicted octanol–water partition coefficient (Wildman–Crippen LogP) is 4.59. The minimum absolute atomic E-state index is 0.0958. The molecule has 0 aromatic heterocycles. The Bertz CT molecular complexity index is 802. The monoisotopic (exact) mass is 368 g/mol. The molecule has 1 heterocycles. The van der Waals surface area contributed by atoms with Crippen LogP contribution >= 0.6 is 11.8 Å². The lowest BCUT2D eigenvalue weighted by atomic mass is 10.1. The molecule has 0 aliphatic carbocycles. The van der Waals surface area contributed by atoms with Crippen molar-refractivity contribution in [2.24, 2.45) is 4.99 Å². The molecule has 0 spiro atoms. The van der Waals surface area contributed by atoms with Crippen LogP contribution in [0.1, 0.15) is 24.5 Å². The van der Waals surface area contributed by atoms with Gasteiger partial charge in [0.1, 0.15) is 5.75 Å². The SMILES string of the molecule is CC[C@H]1CSC(=Nc2cccc(C)c2)N1C(=O)Cc1ccc(OC)cc1. The fourth-order valence-electron chi connectivity index (χ4n) is 2.98. The first kappa shape index (κ1) is 18.5. The number of aliphatic imine (C=N–C) groups is 1. The average molecular weight is 369 g/mol. The third-order valence-electron chi connectivity index (χ3n) is 4.46. The first-order valence-electron chi connectivity index (χ1n) is 8.84. The number of thioether (sulfide) groups is 1. The van der Waals surface area contributed by atoms with Gasteiger partial charge in [0.15, 0.2) is 5.17 Å². The van der Waals surface area contributed by atoms with Gasteiger partial charge in [0.05, 0.1) is 19.2 Å². The lowest BCUT2D eigenvalue weighted by Crippen LogP contribution is -2.39. The van der Waals surface area contributed by atoms with Gasteiger partial charge in [-0.2, -0.15) is 0 Å². The maximum absolute atomic E-state index is 13.0. The van der Waals surface area contributed by atoms with Crippen LogP contribution < -0.4 is 4.74 Å². The molecule has 4 nitrogen and oxygen atoms in total. The molecular formula is C21H24N2O2S. The molecule has 1 aliphatic heterocycles. The van der Waals surface area contributed by atoms with Gasteiger partial charge in [-0.25, -0.2) is 4.99 Å². The van der Waals surface area contributed by atoms with E-state index in [-0.39, 0.29) is 11.9 Å². The van der Waals surface area contributed by atoms with E-state index >= 15 is 0 Å². The van der Waals surface area contributed by atoms with Crippen molar-refractivity contribution in [1.82, 2.24) is 4.90 Å². The average Bonchev–Trinajstić information content (AvgIpc) is 3.05. The Morgan fingerprint density at radius 2 is 2.04 bits per heavy atom. The summed E-state index contributed by atoms with van der Waals surface area (Å²) < 4.78 is 5.18. The maximum Gasteiger partial charge on any atom is 0.233 e. The highest BCUT2D eigenvalue weighted by Gasteiger charge is 2.33. The Morgan fingerprint density at radius 3 is 2.69 bits per heavy atom. The van der Waals surface area contributed by atoms with Crippen LogP contribution in [0, 0.1) is 6.92 Å². The number of carbonyl (C=O) groups is 1. The van der Waals surface area contributed by atoms with Crippen LogP contribution in [0.2, 0.25) is 0 Å². The number of rotatable bonds is 5. The molecule has 2 aromatic rings. The lowest BCUT2D eigenvalue weighted by molar-refractivity contribution is -0.127. The van der Waals surface area contributed by atoms with Gasteiger partial charge in [-0.1, -0.05) is 43.0 Å². The topological polar surface area (TPSA) is 41.9 Å². The summed E-state index contributed by atoms with van der Waals surface area (Å²) in [4.78, 5) is 19.6. The quantitative estimate of drug-likeness (QED) is 0.775. The van der Waals surface area contributed by atoms with Crippen molar-refractivity contribution in [3.8, 4) is 5.75 Å². The zero-order valence-electron chi connectivity index (χ0n) is 15.4. The summed E-state index contributed by atoms with van der Waals surface area (Å²) in [6, 6.07) is 15.9. The van der Waals surface area contributed by atoms with E-state index in [0.29, 0.717) is 6.42 Å². The number of methoxy groups -OCH3 is 1. The third kappa shape index (κ3) is 4.28. The van der Waals surface area contributed by atoms with Crippen molar-refractivity contribution in [1.29, 1.82) is 0 Å². The van der Waals surface area contributed by atoms with E-state index in [9.17, 15) is 4.79 Å². The van der Waals surface area contributed by atoms with Gasteiger partial charge in [0, 0.05) is 11.8 Å². The minimum Gasteiger partial charge on any atom is -0.497 e. The summed E-state index contributed by atoms with van der Waals surface area (Å²) in [6.45, 7) is 4.17. The van der Waals surface area contributed by atoms with Crippen molar-refractivity contribution in [2.45, 2.75) is 32.7 Å². The summed E-state index contributed by atoms with van der Waals surface area (Å²) in [5.41, 5.74) is 3.04. The summed E-state index contributed by atoms with van der Waals surface area (Å²) in [6.07, 6.45) is 1.29. The number of carbonyl (C=O) groups excluding carboxylic acids is 1. The molecule has 3 rings (SSSR count). The molecule has 0 N–H and O–H groups in total. The van der Waals surface area contributed by atoms with Crippen LogP contribution in [0.15, 0.2) is 53.5 Å². The van der Waals surface area contributed by atoms with Crippen LogP contribution in [0.25, 0.3) is 0 Å². The van der Waals surface area contributed by atoms with E-state index in [4.69, 9.17) is 9.73 Å². The molecule has 1 fully saturated rings. The van der Waals surface area contributed by atoms with Gasteiger partial charge < -0.3 is 4.74 Å². The molecular weight excluding hydrogens is 344 g/mol. The first-order chi connectivity index (χ1) is 12.6. The highest BCUT2D eigenvalue weighted by Crippen LogP contribution is 2.30. The van der Waals surface area contributed by atoms with Crippen LogP contribution in [0.3, 0.4) is 0 Å². The summed E-state index contributed by atoms with van der Waals surface area (Å²) in [5.74, 6) is 1.79. The second-order valence-corrected chi connectivity index (χ2v) is 7.38. The summed E-state index contributed by atoms with van der Waals surface area (Å²) >= 11 is 1.66. The van der Waals surface area contributed by atoms with E-state index < -0.39 is 0 Å². The Hall–Kier alpha value is -2.27. The third-order valence-corrected chi connectivity index (χ3v) is 5.55. The van der Waals surface area contributed by atoms with Gasteiger partial charge in [-0.3, -0.25) is 9.69 Å². The van der Waals surface area contributed by atoms with Crippen LogP contribution in [-0.2, 0) is 11.2 Å². The molecule has 5 heteroatoms. The van der Waals surface area contributed by atoms with Crippen LogP contribution in [0.5, 0.6) is 5.75 Å². The molecule has 0 saturated carbocycles. The van der Waals surface area contributed by atoms with E-state index in [1.165, 1.54) is 0 Å². The second kappa shape index (κ2) is 8.41. The number of benzene rings is 2. The number of aryl methyl sites for hydroxylation is 1. The summed E-state index contributed by atoms with van der Waals surface area (Å²) in [7, 11) is 1.64. The molecule has 0 unspecified atom stereocenters. The van der Waals surface area contributed by atoms with E-state index in [2.05, 4.69) is 6.92 Å². The lowest BCUT2D eigenvalue weighted by Gasteiger charge is -2.23. The minimum atomic E-state index is 0.0958. The van der Waals surface area contributed by atoms with E-state index in [1.807, 2.05) is 60.4 Å².